The van der Waals surface area contributed by atoms with Crippen molar-refractivity contribution in [1.82, 2.24) is 10.3 Å². The number of aromatic nitrogens is 1. The monoisotopic (exact) mass is 318 g/mol. The van der Waals surface area contributed by atoms with Gasteiger partial charge in [0.2, 0.25) is 0 Å². The highest BCUT2D eigenvalue weighted by Gasteiger charge is 2.34. The summed E-state index contributed by atoms with van der Waals surface area (Å²) in [6.45, 7) is 2.82. The molecule has 0 spiro atoms. The van der Waals surface area contributed by atoms with Crippen LogP contribution in [0.5, 0.6) is 0 Å². The number of benzene rings is 1. The van der Waals surface area contributed by atoms with Crippen LogP contribution in [-0.4, -0.2) is 11.5 Å². The fourth-order valence-electron chi connectivity index (χ4n) is 1.90. The van der Waals surface area contributed by atoms with Gasteiger partial charge in [-0.15, -0.1) is 11.3 Å². The normalized spacial score (nSPS) is 13.4. The molecule has 1 N–H and O–H groups in total. The summed E-state index contributed by atoms with van der Waals surface area (Å²) in [6.07, 6.45) is -2.96. The molecule has 1 heterocycles. The van der Waals surface area contributed by atoms with E-state index in [-0.39, 0.29) is 12.5 Å². The molecule has 0 aliphatic carbocycles. The van der Waals surface area contributed by atoms with Gasteiger partial charge >= 0.3 is 6.18 Å². The summed E-state index contributed by atoms with van der Waals surface area (Å²) in [5, 5.41) is 5.91. The van der Waals surface area contributed by atoms with Crippen LogP contribution < -0.4 is 5.32 Å². The van der Waals surface area contributed by atoms with E-state index in [2.05, 4.69) is 10.3 Å². The van der Waals surface area contributed by atoms with Crippen LogP contribution >= 0.6 is 11.3 Å². The van der Waals surface area contributed by atoms with Crippen molar-refractivity contribution in [2.45, 2.75) is 25.6 Å². The molecule has 114 valence electrons. The number of hydrogen-bond donors (Lipinski definition) is 1. The second-order valence-corrected chi connectivity index (χ2v) is 5.64. The molecule has 1 aromatic heterocycles. The molecule has 2 rings (SSSR count). The number of rotatable bonds is 5. The van der Waals surface area contributed by atoms with E-state index < -0.39 is 17.6 Å². The first-order valence-corrected chi connectivity index (χ1v) is 7.21. The minimum atomic E-state index is -4.67. The maximum Gasteiger partial charge on any atom is 0.419 e. The van der Waals surface area contributed by atoms with Crippen molar-refractivity contribution in [2.75, 3.05) is 6.54 Å². The van der Waals surface area contributed by atoms with Crippen molar-refractivity contribution < 1.29 is 17.6 Å². The van der Waals surface area contributed by atoms with Crippen LogP contribution in [0.1, 0.15) is 29.0 Å². The molecule has 0 radical (unpaired) electrons. The lowest BCUT2D eigenvalue weighted by Crippen LogP contribution is -2.20. The minimum absolute atomic E-state index is 0.174. The van der Waals surface area contributed by atoms with Crippen molar-refractivity contribution in [2.24, 2.45) is 0 Å². The largest absolute Gasteiger partial charge is 0.419 e. The third kappa shape index (κ3) is 4.25. The number of thiazole rings is 1. The van der Waals surface area contributed by atoms with Crippen molar-refractivity contribution in [3.05, 3.63) is 51.7 Å². The topological polar surface area (TPSA) is 24.9 Å². The van der Waals surface area contributed by atoms with E-state index in [4.69, 9.17) is 0 Å². The first-order valence-electron chi connectivity index (χ1n) is 6.33. The zero-order valence-electron chi connectivity index (χ0n) is 11.2. The molecule has 21 heavy (non-hydrogen) atoms. The van der Waals surface area contributed by atoms with Crippen LogP contribution in [-0.2, 0) is 12.7 Å². The molecule has 0 fully saturated rings. The summed E-state index contributed by atoms with van der Waals surface area (Å²) in [5.41, 5.74) is -0.829. The Morgan fingerprint density at radius 2 is 2.10 bits per heavy atom. The SMILES string of the molecule is CC(CNCc1ccc(F)c(C(F)(F)F)c1)c1nccs1. The highest BCUT2D eigenvalue weighted by molar-refractivity contribution is 7.09. The Hall–Kier alpha value is -1.47. The van der Waals surface area contributed by atoms with E-state index in [1.165, 1.54) is 17.4 Å². The van der Waals surface area contributed by atoms with Crippen LogP contribution in [0.25, 0.3) is 0 Å². The Morgan fingerprint density at radius 1 is 1.33 bits per heavy atom. The second-order valence-electron chi connectivity index (χ2n) is 4.71. The Labute approximate surface area is 123 Å². The lowest BCUT2D eigenvalue weighted by Gasteiger charge is -2.12. The molecule has 1 unspecified atom stereocenters. The lowest BCUT2D eigenvalue weighted by molar-refractivity contribution is -0.140. The molecule has 7 heteroatoms. The van der Waals surface area contributed by atoms with E-state index in [9.17, 15) is 17.6 Å². The summed E-state index contributed by atoms with van der Waals surface area (Å²) in [6, 6.07) is 3.05. The van der Waals surface area contributed by atoms with Gasteiger partial charge in [0, 0.05) is 30.6 Å². The molecule has 0 aliphatic rings. The van der Waals surface area contributed by atoms with Crippen molar-refractivity contribution >= 4 is 11.3 Å². The van der Waals surface area contributed by atoms with Gasteiger partial charge in [0.1, 0.15) is 5.82 Å². The average molecular weight is 318 g/mol. The quantitative estimate of drug-likeness (QED) is 0.836. The van der Waals surface area contributed by atoms with Gasteiger partial charge in [0.15, 0.2) is 0 Å². The van der Waals surface area contributed by atoms with Gasteiger partial charge in [0.05, 0.1) is 10.6 Å². The van der Waals surface area contributed by atoms with Gasteiger partial charge < -0.3 is 5.32 Å². The maximum atomic E-state index is 13.2. The summed E-state index contributed by atoms with van der Waals surface area (Å²) >= 11 is 1.54. The predicted octanol–water partition coefficient (Wildman–Crippen LogP) is 4.19. The number of alkyl halides is 3. The average Bonchev–Trinajstić information content (AvgIpc) is 2.93. The number of halogens is 4. The van der Waals surface area contributed by atoms with Crippen LogP contribution in [0.4, 0.5) is 17.6 Å². The molecule has 1 aromatic carbocycles. The van der Waals surface area contributed by atoms with E-state index in [0.717, 1.165) is 17.1 Å². The molecule has 0 bridgehead atoms. The standard InChI is InChI=1S/C14H14F4N2S/c1-9(13-20-4-5-21-13)7-19-8-10-2-3-12(15)11(6-10)14(16,17)18/h2-6,9,19H,7-8H2,1H3. The predicted molar refractivity (Wildman–Crippen MR) is 73.6 cm³/mol. The Balaban J connectivity index is 1.95. The Kier molecular flexibility index (Phi) is 4.95. The van der Waals surface area contributed by atoms with E-state index in [1.807, 2.05) is 12.3 Å². The molecule has 0 amide bonds. The van der Waals surface area contributed by atoms with Gasteiger partial charge in [0.25, 0.3) is 0 Å². The summed E-state index contributed by atoms with van der Waals surface area (Å²) in [5.74, 6) is -1.07. The molecule has 0 saturated heterocycles. The summed E-state index contributed by atoms with van der Waals surface area (Å²) < 4.78 is 50.9. The van der Waals surface area contributed by atoms with Gasteiger partial charge in [-0.25, -0.2) is 9.37 Å². The first kappa shape index (κ1) is 15.9. The van der Waals surface area contributed by atoms with Gasteiger partial charge in [-0.2, -0.15) is 13.2 Å². The Bertz CT molecular complexity index is 581. The van der Waals surface area contributed by atoms with Crippen molar-refractivity contribution in [3.63, 3.8) is 0 Å². The highest BCUT2D eigenvalue weighted by Crippen LogP contribution is 2.31. The Morgan fingerprint density at radius 3 is 2.71 bits per heavy atom. The zero-order valence-corrected chi connectivity index (χ0v) is 12.1. The fourth-order valence-corrected chi connectivity index (χ4v) is 2.60. The van der Waals surface area contributed by atoms with Crippen LogP contribution in [0.15, 0.2) is 29.8 Å². The zero-order chi connectivity index (χ0) is 15.5. The molecule has 1 atom stereocenters. The second kappa shape index (κ2) is 6.53. The van der Waals surface area contributed by atoms with Crippen LogP contribution in [0.3, 0.4) is 0 Å². The third-order valence-electron chi connectivity index (χ3n) is 2.99. The first-order chi connectivity index (χ1) is 9.88. The highest BCUT2D eigenvalue weighted by atomic mass is 32.1. The van der Waals surface area contributed by atoms with Gasteiger partial charge in [-0.3, -0.25) is 0 Å². The third-order valence-corrected chi connectivity index (χ3v) is 4.00. The summed E-state index contributed by atoms with van der Waals surface area (Å²) in [7, 11) is 0. The molecular formula is C14H14F4N2S. The van der Waals surface area contributed by atoms with E-state index in [0.29, 0.717) is 12.1 Å². The molecule has 2 nitrogen and oxygen atoms in total. The molecule has 0 aliphatic heterocycles. The van der Waals surface area contributed by atoms with Gasteiger partial charge in [-0.1, -0.05) is 13.0 Å². The maximum absolute atomic E-state index is 13.2. The minimum Gasteiger partial charge on any atom is -0.312 e. The number of nitrogens with zero attached hydrogens (tertiary/aromatic N) is 1. The molecule has 2 aromatic rings. The smallest absolute Gasteiger partial charge is 0.312 e. The lowest BCUT2D eigenvalue weighted by atomic mass is 10.1. The van der Waals surface area contributed by atoms with E-state index >= 15 is 0 Å². The number of nitrogens with one attached hydrogen (secondary N) is 1. The van der Waals surface area contributed by atoms with Gasteiger partial charge in [-0.05, 0) is 17.7 Å². The molecular weight excluding hydrogens is 304 g/mol. The van der Waals surface area contributed by atoms with Crippen LogP contribution in [0, 0.1) is 5.82 Å². The van der Waals surface area contributed by atoms with Crippen molar-refractivity contribution in [1.29, 1.82) is 0 Å². The fraction of sp³-hybridized carbons (Fsp3) is 0.357. The van der Waals surface area contributed by atoms with Crippen LogP contribution in [0.2, 0.25) is 0 Å². The van der Waals surface area contributed by atoms with E-state index in [1.54, 1.807) is 6.20 Å². The summed E-state index contributed by atoms with van der Waals surface area (Å²) in [4.78, 5) is 4.18. The number of hydrogen-bond acceptors (Lipinski definition) is 3. The molecule has 0 saturated carbocycles. The van der Waals surface area contributed by atoms with Crippen molar-refractivity contribution in [3.8, 4) is 0 Å².